The number of hydrogen-bond acceptors (Lipinski definition) is 5. The van der Waals surface area contributed by atoms with Crippen LogP contribution in [0.4, 0.5) is 10.8 Å². The van der Waals surface area contributed by atoms with Gasteiger partial charge >= 0.3 is 0 Å². The Balaban J connectivity index is 1.87. The quantitative estimate of drug-likeness (QED) is 0.781. The molecule has 0 aliphatic rings. The van der Waals surface area contributed by atoms with Gasteiger partial charge in [0.05, 0.1) is 18.5 Å². The minimum absolute atomic E-state index is 0.804. The van der Waals surface area contributed by atoms with Crippen LogP contribution < -0.4 is 10.1 Å². The molecule has 0 amide bonds. The molecule has 2 heterocycles. The van der Waals surface area contributed by atoms with Gasteiger partial charge in [-0.1, -0.05) is 6.07 Å². The third-order valence-electron chi connectivity index (χ3n) is 3.06. The summed E-state index contributed by atoms with van der Waals surface area (Å²) in [6.07, 6.45) is 3.57. The third kappa shape index (κ3) is 3.03. The Hall–Kier alpha value is -2.40. The number of thiazole rings is 1. The summed E-state index contributed by atoms with van der Waals surface area (Å²) >= 11 is 1.56. The second-order valence-corrected chi connectivity index (χ2v) is 5.47. The molecule has 0 spiro atoms. The number of aryl methyl sites for hydroxylation is 1. The van der Waals surface area contributed by atoms with Gasteiger partial charge in [0.1, 0.15) is 5.75 Å². The van der Waals surface area contributed by atoms with Gasteiger partial charge in [0.2, 0.25) is 0 Å². The van der Waals surface area contributed by atoms with Crippen LogP contribution in [0, 0.1) is 6.92 Å². The molecule has 4 nitrogen and oxygen atoms in total. The van der Waals surface area contributed by atoms with Crippen LogP contribution in [0.1, 0.15) is 5.56 Å². The summed E-state index contributed by atoms with van der Waals surface area (Å²) in [5.41, 5.74) is 4.02. The Morgan fingerprint density at radius 2 is 2.14 bits per heavy atom. The highest BCUT2D eigenvalue weighted by molar-refractivity contribution is 7.14. The van der Waals surface area contributed by atoms with E-state index in [-0.39, 0.29) is 0 Å². The summed E-state index contributed by atoms with van der Waals surface area (Å²) in [7, 11) is 1.67. The number of methoxy groups -OCH3 is 1. The fourth-order valence-electron chi connectivity index (χ4n) is 2.01. The van der Waals surface area contributed by atoms with Crippen molar-refractivity contribution in [3.8, 4) is 17.0 Å². The number of anilines is 2. The maximum absolute atomic E-state index is 5.37. The van der Waals surface area contributed by atoms with E-state index in [2.05, 4.69) is 15.3 Å². The number of benzene rings is 1. The summed E-state index contributed by atoms with van der Waals surface area (Å²) in [4.78, 5) is 8.71. The zero-order valence-corrected chi connectivity index (χ0v) is 12.6. The van der Waals surface area contributed by atoms with E-state index in [1.165, 1.54) is 5.56 Å². The lowest BCUT2D eigenvalue weighted by Crippen LogP contribution is -1.95. The smallest absolute Gasteiger partial charge is 0.187 e. The highest BCUT2D eigenvalue weighted by atomic mass is 32.1. The average molecular weight is 297 g/mol. The summed E-state index contributed by atoms with van der Waals surface area (Å²) in [6.45, 7) is 2.05. The minimum atomic E-state index is 0.804. The zero-order chi connectivity index (χ0) is 14.7. The molecule has 0 unspecified atom stereocenters. The maximum atomic E-state index is 5.37. The maximum Gasteiger partial charge on any atom is 0.187 e. The number of nitrogens with one attached hydrogen (secondary N) is 1. The van der Waals surface area contributed by atoms with Crippen LogP contribution in [-0.4, -0.2) is 17.1 Å². The van der Waals surface area contributed by atoms with Gasteiger partial charge in [0.25, 0.3) is 0 Å². The number of ether oxygens (including phenoxy) is 1. The predicted octanol–water partition coefficient (Wildman–Crippen LogP) is 4.27. The van der Waals surface area contributed by atoms with Gasteiger partial charge in [-0.05, 0) is 36.8 Å². The largest absolute Gasteiger partial charge is 0.495 e. The van der Waals surface area contributed by atoms with Gasteiger partial charge in [-0.2, -0.15) is 0 Å². The van der Waals surface area contributed by atoms with Crippen molar-refractivity contribution < 1.29 is 4.74 Å². The number of rotatable bonds is 4. The molecule has 0 aliphatic carbocycles. The van der Waals surface area contributed by atoms with Gasteiger partial charge < -0.3 is 10.1 Å². The number of hydrogen-bond donors (Lipinski definition) is 1. The van der Waals surface area contributed by atoms with Crippen molar-refractivity contribution in [2.75, 3.05) is 12.4 Å². The molecule has 106 valence electrons. The Morgan fingerprint density at radius 3 is 2.90 bits per heavy atom. The van der Waals surface area contributed by atoms with Crippen LogP contribution in [0.3, 0.4) is 0 Å². The fraction of sp³-hybridized carbons (Fsp3) is 0.125. The first kappa shape index (κ1) is 13.6. The molecule has 21 heavy (non-hydrogen) atoms. The number of nitrogens with zero attached hydrogens (tertiary/aromatic N) is 2. The molecule has 0 bridgehead atoms. The van der Waals surface area contributed by atoms with E-state index in [0.717, 1.165) is 27.8 Å². The van der Waals surface area contributed by atoms with E-state index < -0.39 is 0 Å². The Morgan fingerprint density at radius 1 is 1.24 bits per heavy atom. The Kier molecular flexibility index (Phi) is 3.83. The van der Waals surface area contributed by atoms with Gasteiger partial charge in [-0.3, -0.25) is 4.98 Å². The van der Waals surface area contributed by atoms with Crippen LogP contribution in [-0.2, 0) is 0 Å². The molecule has 0 fully saturated rings. The molecular formula is C16H15N3OS. The topological polar surface area (TPSA) is 47.0 Å². The Labute approximate surface area is 127 Å². The molecular weight excluding hydrogens is 282 g/mol. The highest BCUT2D eigenvalue weighted by Crippen LogP contribution is 2.31. The number of aromatic nitrogens is 2. The monoisotopic (exact) mass is 297 g/mol. The molecule has 0 saturated carbocycles. The standard InChI is InChI=1S/C16H15N3OS/c1-11-5-6-15(20-2)13(8-11)18-16-19-14(10-21-16)12-4-3-7-17-9-12/h3-10H,1-2H3,(H,18,19). The van der Waals surface area contributed by atoms with Gasteiger partial charge in [0, 0.05) is 23.3 Å². The first-order chi connectivity index (χ1) is 10.3. The lowest BCUT2D eigenvalue weighted by molar-refractivity contribution is 0.416. The van der Waals surface area contributed by atoms with Gasteiger partial charge in [-0.25, -0.2) is 4.98 Å². The van der Waals surface area contributed by atoms with E-state index in [1.54, 1.807) is 24.6 Å². The van der Waals surface area contributed by atoms with Crippen LogP contribution in [0.5, 0.6) is 5.75 Å². The lowest BCUT2D eigenvalue weighted by Gasteiger charge is -2.09. The van der Waals surface area contributed by atoms with Crippen molar-refractivity contribution in [1.82, 2.24) is 9.97 Å². The van der Waals surface area contributed by atoms with Crippen LogP contribution in [0.2, 0.25) is 0 Å². The van der Waals surface area contributed by atoms with E-state index >= 15 is 0 Å². The molecule has 1 aromatic carbocycles. The van der Waals surface area contributed by atoms with Crippen molar-refractivity contribution in [3.63, 3.8) is 0 Å². The zero-order valence-electron chi connectivity index (χ0n) is 11.8. The first-order valence-corrected chi connectivity index (χ1v) is 7.42. The van der Waals surface area contributed by atoms with Crippen LogP contribution >= 0.6 is 11.3 Å². The summed E-state index contributed by atoms with van der Waals surface area (Å²) in [5.74, 6) is 0.804. The molecule has 0 radical (unpaired) electrons. The minimum Gasteiger partial charge on any atom is -0.495 e. The SMILES string of the molecule is COc1ccc(C)cc1Nc1nc(-c2cccnc2)cs1. The normalized spacial score (nSPS) is 10.4. The predicted molar refractivity (Wildman–Crippen MR) is 86.4 cm³/mol. The summed E-state index contributed by atoms with van der Waals surface area (Å²) in [5, 5.41) is 6.16. The number of pyridine rings is 1. The van der Waals surface area contributed by atoms with Gasteiger partial charge in [0.15, 0.2) is 5.13 Å². The molecule has 1 N–H and O–H groups in total. The molecule has 3 rings (SSSR count). The van der Waals surface area contributed by atoms with Crippen molar-refractivity contribution >= 4 is 22.2 Å². The molecule has 0 aliphatic heterocycles. The van der Waals surface area contributed by atoms with E-state index in [1.807, 2.05) is 48.8 Å². The molecule has 0 saturated heterocycles. The van der Waals surface area contributed by atoms with Crippen molar-refractivity contribution in [2.45, 2.75) is 6.92 Å². The van der Waals surface area contributed by atoms with Crippen molar-refractivity contribution in [2.24, 2.45) is 0 Å². The molecule has 0 atom stereocenters. The van der Waals surface area contributed by atoms with Gasteiger partial charge in [-0.15, -0.1) is 11.3 Å². The third-order valence-corrected chi connectivity index (χ3v) is 3.82. The second kappa shape index (κ2) is 5.93. The molecule has 2 aromatic heterocycles. The average Bonchev–Trinajstić information content (AvgIpc) is 2.97. The molecule has 5 heteroatoms. The van der Waals surface area contributed by atoms with Crippen LogP contribution in [0.25, 0.3) is 11.3 Å². The second-order valence-electron chi connectivity index (χ2n) is 4.61. The summed E-state index contributed by atoms with van der Waals surface area (Å²) in [6, 6.07) is 9.93. The fourth-order valence-corrected chi connectivity index (χ4v) is 2.74. The lowest BCUT2D eigenvalue weighted by atomic mass is 10.2. The molecule has 3 aromatic rings. The summed E-state index contributed by atoms with van der Waals surface area (Å²) < 4.78 is 5.37. The Bertz CT molecular complexity index is 740. The van der Waals surface area contributed by atoms with Crippen LogP contribution in [0.15, 0.2) is 48.1 Å². The highest BCUT2D eigenvalue weighted by Gasteiger charge is 2.08. The van der Waals surface area contributed by atoms with Crippen molar-refractivity contribution in [3.05, 3.63) is 53.7 Å². The van der Waals surface area contributed by atoms with E-state index in [4.69, 9.17) is 4.74 Å². The van der Waals surface area contributed by atoms with E-state index in [9.17, 15) is 0 Å². The first-order valence-electron chi connectivity index (χ1n) is 6.54. The van der Waals surface area contributed by atoms with Crippen molar-refractivity contribution in [1.29, 1.82) is 0 Å². The van der Waals surface area contributed by atoms with E-state index in [0.29, 0.717) is 0 Å².